The highest BCUT2D eigenvalue weighted by atomic mass is 127. The summed E-state index contributed by atoms with van der Waals surface area (Å²) in [4.78, 5) is 11.3. The highest BCUT2D eigenvalue weighted by Crippen LogP contribution is 2.24. The molecule has 1 aliphatic carbocycles. The van der Waals surface area contributed by atoms with Gasteiger partial charge in [0.1, 0.15) is 6.10 Å². The molecule has 2 rings (SSSR count). The molecule has 7 heteroatoms. The van der Waals surface area contributed by atoms with Crippen LogP contribution in [0, 0.1) is 0 Å². The first kappa shape index (κ1) is 25.9. The summed E-state index contributed by atoms with van der Waals surface area (Å²) in [6.07, 6.45) is 9.22. The number of ether oxygens (including phenoxy) is 1. The van der Waals surface area contributed by atoms with E-state index in [9.17, 15) is 0 Å². The fourth-order valence-electron chi connectivity index (χ4n) is 3.67. The number of hydrogen-bond donors (Lipinski definition) is 2. The van der Waals surface area contributed by atoms with Crippen molar-refractivity contribution in [2.24, 2.45) is 4.99 Å². The summed E-state index contributed by atoms with van der Waals surface area (Å²) in [6.45, 7) is 10.7. The molecule has 1 atom stereocenters. The fraction of sp³-hybridized carbons (Fsp3) is 0.727. The monoisotopic (exact) mass is 517 g/mol. The summed E-state index contributed by atoms with van der Waals surface area (Å²) in [7, 11) is 1.82. The zero-order chi connectivity index (χ0) is 20.2. The number of aromatic nitrogens is 1. The molecule has 1 heterocycles. The van der Waals surface area contributed by atoms with E-state index in [1.54, 1.807) is 6.20 Å². The third-order valence-electron chi connectivity index (χ3n) is 5.49. The van der Waals surface area contributed by atoms with Crippen LogP contribution in [0.4, 0.5) is 0 Å². The van der Waals surface area contributed by atoms with E-state index < -0.39 is 0 Å². The number of rotatable bonds is 11. The van der Waals surface area contributed by atoms with Gasteiger partial charge in [-0.05, 0) is 71.1 Å². The Bertz CT molecular complexity index is 588. The van der Waals surface area contributed by atoms with Crippen LogP contribution in [0.25, 0.3) is 0 Å². The van der Waals surface area contributed by atoms with Crippen molar-refractivity contribution >= 4 is 29.9 Å². The van der Waals surface area contributed by atoms with Crippen LogP contribution in [0.1, 0.15) is 64.9 Å². The molecule has 6 nitrogen and oxygen atoms in total. The fourth-order valence-corrected chi connectivity index (χ4v) is 3.67. The van der Waals surface area contributed by atoms with Gasteiger partial charge >= 0.3 is 0 Å². The van der Waals surface area contributed by atoms with Gasteiger partial charge in [-0.15, -0.1) is 24.0 Å². The van der Waals surface area contributed by atoms with Crippen molar-refractivity contribution in [3.8, 4) is 5.88 Å². The molecule has 0 aromatic carbocycles. The summed E-state index contributed by atoms with van der Waals surface area (Å²) in [6, 6.07) is 4.42. The molecule has 1 aliphatic rings. The topological polar surface area (TPSA) is 61.8 Å². The van der Waals surface area contributed by atoms with Crippen molar-refractivity contribution in [1.82, 2.24) is 20.5 Å². The first-order valence-corrected chi connectivity index (χ1v) is 11.0. The standard InChI is InChI=1S/C22H39N5O.HI/c1-5-27(6-2)16-10-11-18(3)26-22(23-4)25-17-19-12-9-15-24-21(19)28-20-13-7-8-14-20;/h9,12,15,18,20H,5-8,10-11,13-14,16-17H2,1-4H3,(H2,23,25,26);1H. The van der Waals surface area contributed by atoms with Gasteiger partial charge in [0, 0.05) is 31.4 Å². The third kappa shape index (κ3) is 9.51. The number of nitrogens with one attached hydrogen (secondary N) is 2. The molecule has 0 saturated heterocycles. The van der Waals surface area contributed by atoms with Crippen LogP contribution in [0.3, 0.4) is 0 Å². The minimum Gasteiger partial charge on any atom is -0.474 e. The van der Waals surface area contributed by atoms with Crippen LogP contribution >= 0.6 is 24.0 Å². The van der Waals surface area contributed by atoms with Crippen LogP contribution in [0.5, 0.6) is 5.88 Å². The molecule has 0 spiro atoms. The number of hydrogen-bond acceptors (Lipinski definition) is 4. The lowest BCUT2D eigenvalue weighted by molar-refractivity contribution is 0.199. The Labute approximate surface area is 194 Å². The Hall–Kier alpha value is -1.09. The van der Waals surface area contributed by atoms with Crippen molar-refractivity contribution in [3.05, 3.63) is 23.9 Å². The summed E-state index contributed by atoms with van der Waals surface area (Å²) < 4.78 is 6.13. The van der Waals surface area contributed by atoms with Crippen LogP contribution in [0.15, 0.2) is 23.3 Å². The predicted molar refractivity (Wildman–Crippen MR) is 132 cm³/mol. The normalized spacial score (nSPS) is 15.8. The molecule has 0 radical (unpaired) electrons. The second kappa shape index (κ2) is 14.8. The lowest BCUT2D eigenvalue weighted by atomic mass is 10.2. The van der Waals surface area contributed by atoms with Gasteiger partial charge in [0.05, 0.1) is 0 Å². The van der Waals surface area contributed by atoms with Gasteiger partial charge in [0.25, 0.3) is 0 Å². The lowest BCUT2D eigenvalue weighted by Crippen LogP contribution is -2.42. The number of nitrogens with zero attached hydrogens (tertiary/aromatic N) is 3. The van der Waals surface area contributed by atoms with Gasteiger partial charge in [-0.3, -0.25) is 4.99 Å². The van der Waals surface area contributed by atoms with Gasteiger partial charge in [-0.25, -0.2) is 4.98 Å². The number of halogens is 1. The van der Waals surface area contributed by atoms with Gasteiger partial charge in [-0.2, -0.15) is 0 Å². The van der Waals surface area contributed by atoms with Crippen molar-refractivity contribution < 1.29 is 4.74 Å². The second-order valence-corrected chi connectivity index (χ2v) is 7.63. The van der Waals surface area contributed by atoms with Crippen LogP contribution in [0.2, 0.25) is 0 Å². The highest BCUT2D eigenvalue weighted by molar-refractivity contribution is 14.0. The van der Waals surface area contributed by atoms with E-state index in [1.807, 2.05) is 13.1 Å². The van der Waals surface area contributed by atoms with Crippen LogP contribution in [-0.2, 0) is 6.54 Å². The minimum absolute atomic E-state index is 0. The molecule has 1 fully saturated rings. The molecular weight excluding hydrogens is 477 g/mol. The predicted octanol–water partition coefficient (Wildman–Crippen LogP) is 4.20. The number of guanidine groups is 1. The first-order valence-electron chi connectivity index (χ1n) is 11.0. The molecule has 2 N–H and O–H groups in total. The summed E-state index contributed by atoms with van der Waals surface area (Å²) >= 11 is 0. The van der Waals surface area contributed by atoms with Gasteiger partial charge < -0.3 is 20.3 Å². The van der Waals surface area contributed by atoms with E-state index in [-0.39, 0.29) is 24.0 Å². The molecule has 0 amide bonds. The Morgan fingerprint density at radius 1 is 1.31 bits per heavy atom. The van der Waals surface area contributed by atoms with Crippen molar-refractivity contribution in [2.45, 2.75) is 78.0 Å². The molecule has 1 aromatic rings. The van der Waals surface area contributed by atoms with E-state index in [0.717, 1.165) is 56.3 Å². The maximum absolute atomic E-state index is 6.13. The molecule has 166 valence electrons. The molecule has 1 aromatic heterocycles. The maximum atomic E-state index is 6.13. The second-order valence-electron chi connectivity index (χ2n) is 7.63. The summed E-state index contributed by atoms with van der Waals surface area (Å²) in [5.41, 5.74) is 1.08. The molecule has 29 heavy (non-hydrogen) atoms. The first-order chi connectivity index (χ1) is 13.7. The quantitative estimate of drug-likeness (QED) is 0.262. The third-order valence-corrected chi connectivity index (χ3v) is 5.49. The molecule has 0 bridgehead atoms. The Balaban J connectivity index is 0.00000420. The zero-order valence-electron chi connectivity index (χ0n) is 18.6. The molecule has 0 aliphatic heterocycles. The molecule has 1 unspecified atom stereocenters. The zero-order valence-corrected chi connectivity index (χ0v) is 20.9. The molecule has 1 saturated carbocycles. The summed E-state index contributed by atoms with van der Waals surface area (Å²) in [5.74, 6) is 1.58. The van der Waals surface area contributed by atoms with E-state index in [0.29, 0.717) is 18.7 Å². The van der Waals surface area contributed by atoms with Gasteiger partial charge in [0.15, 0.2) is 5.96 Å². The van der Waals surface area contributed by atoms with Crippen LogP contribution in [-0.4, -0.2) is 54.7 Å². The number of pyridine rings is 1. The highest BCUT2D eigenvalue weighted by Gasteiger charge is 2.18. The largest absolute Gasteiger partial charge is 0.474 e. The van der Waals surface area contributed by atoms with E-state index in [2.05, 4.69) is 52.3 Å². The maximum Gasteiger partial charge on any atom is 0.218 e. The van der Waals surface area contributed by atoms with Crippen LogP contribution < -0.4 is 15.4 Å². The van der Waals surface area contributed by atoms with Crippen molar-refractivity contribution in [3.63, 3.8) is 0 Å². The lowest BCUT2D eigenvalue weighted by Gasteiger charge is -2.21. The van der Waals surface area contributed by atoms with E-state index >= 15 is 0 Å². The van der Waals surface area contributed by atoms with E-state index in [4.69, 9.17) is 4.74 Å². The Morgan fingerprint density at radius 2 is 2.03 bits per heavy atom. The van der Waals surface area contributed by atoms with Crippen molar-refractivity contribution in [1.29, 1.82) is 0 Å². The van der Waals surface area contributed by atoms with Gasteiger partial charge in [-0.1, -0.05) is 19.9 Å². The van der Waals surface area contributed by atoms with Crippen molar-refractivity contribution in [2.75, 3.05) is 26.7 Å². The van der Waals surface area contributed by atoms with E-state index in [1.165, 1.54) is 19.3 Å². The average molecular weight is 518 g/mol. The Kier molecular flexibility index (Phi) is 13.3. The minimum atomic E-state index is 0. The number of aliphatic imine (C=N–C) groups is 1. The SMILES string of the molecule is CCN(CC)CCCC(C)NC(=NC)NCc1cccnc1OC1CCCC1.I. The Morgan fingerprint density at radius 3 is 2.69 bits per heavy atom. The average Bonchev–Trinajstić information content (AvgIpc) is 3.22. The smallest absolute Gasteiger partial charge is 0.218 e. The summed E-state index contributed by atoms with van der Waals surface area (Å²) in [5, 5.41) is 6.91. The molecular formula is C22H40IN5O. The van der Waals surface area contributed by atoms with Gasteiger partial charge in [0.2, 0.25) is 5.88 Å².